The molecule has 1 aliphatic carbocycles. The van der Waals surface area contributed by atoms with Crippen molar-refractivity contribution < 1.29 is 14.2 Å². The highest BCUT2D eigenvalue weighted by Gasteiger charge is 2.52. The Morgan fingerprint density at radius 3 is 2.21 bits per heavy atom. The SMILES string of the molecule is c1ccc(COCC2(c3ccccc3)CCC3(C2)OCCO3)cc1. The molecule has 1 atom stereocenters. The summed E-state index contributed by atoms with van der Waals surface area (Å²) in [5, 5.41) is 0. The first kappa shape index (κ1) is 15.8. The Bertz CT molecular complexity index is 649. The summed E-state index contributed by atoms with van der Waals surface area (Å²) in [6.45, 7) is 2.75. The predicted octanol–water partition coefficient (Wildman–Crippen LogP) is 4.07. The molecule has 3 nitrogen and oxygen atoms in total. The third-order valence-corrected chi connectivity index (χ3v) is 5.28. The summed E-state index contributed by atoms with van der Waals surface area (Å²) in [6.07, 6.45) is 2.85. The Hall–Kier alpha value is -1.68. The van der Waals surface area contributed by atoms with Gasteiger partial charge < -0.3 is 14.2 Å². The van der Waals surface area contributed by atoms with Crippen LogP contribution in [0, 0.1) is 0 Å². The van der Waals surface area contributed by atoms with E-state index in [1.165, 1.54) is 11.1 Å². The van der Waals surface area contributed by atoms with Gasteiger partial charge in [-0.15, -0.1) is 0 Å². The Labute approximate surface area is 143 Å². The van der Waals surface area contributed by atoms with Gasteiger partial charge in [-0.25, -0.2) is 0 Å². The summed E-state index contributed by atoms with van der Waals surface area (Å²) in [5.74, 6) is -0.397. The zero-order chi connectivity index (χ0) is 16.3. The second-order valence-electron chi connectivity index (χ2n) is 6.91. The lowest BCUT2D eigenvalue weighted by molar-refractivity contribution is -0.155. The maximum absolute atomic E-state index is 6.15. The highest BCUT2D eigenvalue weighted by molar-refractivity contribution is 5.28. The van der Waals surface area contributed by atoms with Gasteiger partial charge in [-0.1, -0.05) is 60.7 Å². The van der Waals surface area contributed by atoms with E-state index < -0.39 is 5.79 Å². The number of benzene rings is 2. The normalized spacial score (nSPS) is 25.3. The van der Waals surface area contributed by atoms with E-state index in [0.29, 0.717) is 26.4 Å². The molecule has 126 valence electrons. The molecule has 1 saturated heterocycles. The zero-order valence-corrected chi connectivity index (χ0v) is 13.9. The van der Waals surface area contributed by atoms with Crippen molar-refractivity contribution in [2.24, 2.45) is 0 Å². The van der Waals surface area contributed by atoms with Crippen molar-refractivity contribution in [1.82, 2.24) is 0 Å². The Morgan fingerprint density at radius 1 is 0.833 bits per heavy atom. The molecule has 4 rings (SSSR count). The molecule has 2 aliphatic rings. The third kappa shape index (κ3) is 3.12. The van der Waals surface area contributed by atoms with Crippen LogP contribution in [0.2, 0.25) is 0 Å². The van der Waals surface area contributed by atoms with Crippen LogP contribution in [-0.2, 0) is 26.2 Å². The molecule has 24 heavy (non-hydrogen) atoms. The fourth-order valence-electron chi connectivity index (χ4n) is 4.05. The van der Waals surface area contributed by atoms with Gasteiger partial charge in [-0.2, -0.15) is 0 Å². The van der Waals surface area contributed by atoms with E-state index in [0.717, 1.165) is 19.3 Å². The average molecular weight is 324 g/mol. The van der Waals surface area contributed by atoms with Crippen LogP contribution in [0.15, 0.2) is 60.7 Å². The molecule has 0 aromatic heterocycles. The first-order valence-electron chi connectivity index (χ1n) is 8.76. The Kier molecular flexibility index (Phi) is 4.40. The maximum Gasteiger partial charge on any atom is 0.169 e. The Morgan fingerprint density at radius 2 is 1.50 bits per heavy atom. The van der Waals surface area contributed by atoms with Crippen LogP contribution in [0.3, 0.4) is 0 Å². The average Bonchev–Trinajstić information content (AvgIpc) is 3.25. The molecule has 1 heterocycles. The van der Waals surface area contributed by atoms with Crippen LogP contribution in [0.4, 0.5) is 0 Å². The zero-order valence-electron chi connectivity index (χ0n) is 13.9. The van der Waals surface area contributed by atoms with Crippen molar-refractivity contribution >= 4 is 0 Å². The first-order chi connectivity index (χ1) is 11.8. The number of rotatable bonds is 5. The third-order valence-electron chi connectivity index (χ3n) is 5.28. The van der Waals surface area contributed by atoms with Crippen LogP contribution >= 0.6 is 0 Å². The van der Waals surface area contributed by atoms with E-state index in [2.05, 4.69) is 54.6 Å². The van der Waals surface area contributed by atoms with E-state index in [-0.39, 0.29) is 5.41 Å². The van der Waals surface area contributed by atoms with Gasteiger partial charge >= 0.3 is 0 Å². The smallest absolute Gasteiger partial charge is 0.169 e. The summed E-state index contributed by atoms with van der Waals surface area (Å²) in [4.78, 5) is 0. The van der Waals surface area contributed by atoms with Crippen LogP contribution in [0.5, 0.6) is 0 Å². The summed E-state index contributed by atoms with van der Waals surface area (Å²) in [7, 11) is 0. The van der Waals surface area contributed by atoms with Crippen LogP contribution < -0.4 is 0 Å². The van der Waals surface area contributed by atoms with Gasteiger partial charge in [0.15, 0.2) is 5.79 Å². The van der Waals surface area contributed by atoms with Crippen LogP contribution in [0.1, 0.15) is 30.4 Å². The van der Waals surface area contributed by atoms with Crippen molar-refractivity contribution in [3.05, 3.63) is 71.8 Å². The monoisotopic (exact) mass is 324 g/mol. The number of hydrogen-bond acceptors (Lipinski definition) is 3. The second kappa shape index (κ2) is 6.67. The summed E-state index contributed by atoms with van der Waals surface area (Å²) in [6, 6.07) is 21.0. The van der Waals surface area contributed by atoms with Crippen molar-refractivity contribution in [2.45, 2.75) is 37.1 Å². The standard InChI is InChI=1S/C21H24O3/c1-3-7-18(8-4-1)15-22-17-20(19-9-5-2-6-10-19)11-12-21(16-20)23-13-14-24-21/h1-10H,11-17H2. The fourth-order valence-corrected chi connectivity index (χ4v) is 4.05. The van der Waals surface area contributed by atoms with Gasteiger partial charge in [0.05, 0.1) is 26.4 Å². The first-order valence-corrected chi connectivity index (χ1v) is 8.76. The van der Waals surface area contributed by atoms with E-state index in [1.54, 1.807) is 0 Å². The molecule has 1 saturated carbocycles. The Balaban J connectivity index is 1.51. The highest BCUT2D eigenvalue weighted by Crippen LogP contribution is 2.50. The summed E-state index contributed by atoms with van der Waals surface area (Å²) >= 11 is 0. The molecule has 1 spiro atoms. The maximum atomic E-state index is 6.15. The fraction of sp³-hybridized carbons (Fsp3) is 0.429. The van der Waals surface area contributed by atoms with Crippen molar-refractivity contribution in [3.63, 3.8) is 0 Å². The van der Waals surface area contributed by atoms with Gasteiger partial charge in [0.25, 0.3) is 0 Å². The van der Waals surface area contributed by atoms with Gasteiger partial charge in [0, 0.05) is 18.3 Å². The molecule has 0 bridgehead atoms. The number of hydrogen-bond donors (Lipinski definition) is 0. The van der Waals surface area contributed by atoms with E-state index >= 15 is 0 Å². The molecule has 0 amide bonds. The number of ether oxygens (including phenoxy) is 3. The lowest BCUT2D eigenvalue weighted by Gasteiger charge is -2.31. The molecule has 0 N–H and O–H groups in total. The quantitative estimate of drug-likeness (QED) is 0.830. The van der Waals surface area contributed by atoms with Gasteiger partial charge in [-0.05, 0) is 17.5 Å². The molecule has 1 unspecified atom stereocenters. The van der Waals surface area contributed by atoms with Crippen molar-refractivity contribution in [3.8, 4) is 0 Å². The molecule has 0 radical (unpaired) electrons. The van der Waals surface area contributed by atoms with Crippen LogP contribution in [-0.4, -0.2) is 25.6 Å². The van der Waals surface area contributed by atoms with Gasteiger partial charge in [0.2, 0.25) is 0 Å². The molecular weight excluding hydrogens is 300 g/mol. The lowest BCUT2D eigenvalue weighted by atomic mass is 9.79. The highest BCUT2D eigenvalue weighted by atomic mass is 16.7. The predicted molar refractivity (Wildman–Crippen MR) is 92.7 cm³/mol. The van der Waals surface area contributed by atoms with Crippen LogP contribution in [0.25, 0.3) is 0 Å². The molecular formula is C21H24O3. The largest absolute Gasteiger partial charge is 0.376 e. The minimum Gasteiger partial charge on any atom is -0.376 e. The van der Waals surface area contributed by atoms with E-state index in [1.807, 2.05) is 6.07 Å². The molecule has 2 aromatic carbocycles. The minimum atomic E-state index is -0.397. The van der Waals surface area contributed by atoms with Gasteiger partial charge in [-0.3, -0.25) is 0 Å². The molecule has 3 heteroatoms. The molecule has 2 aromatic rings. The minimum absolute atomic E-state index is 0.0274. The van der Waals surface area contributed by atoms with Gasteiger partial charge in [0.1, 0.15) is 0 Å². The van der Waals surface area contributed by atoms with Crippen molar-refractivity contribution in [1.29, 1.82) is 0 Å². The molecule has 1 aliphatic heterocycles. The molecule has 2 fully saturated rings. The summed E-state index contributed by atoms with van der Waals surface area (Å²) in [5.41, 5.74) is 2.51. The second-order valence-corrected chi connectivity index (χ2v) is 6.91. The van der Waals surface area contributed by atoms with Crippen molar-refractivity contribution in [2.75, 3.05) is 19.8 Å². The van der Waals surface area contributed by atoms with E-state index in [4.69, 9.17) is 14.2 Å². The van der Waals surface area contributed by atoms with E-state index in [9.17, 15) is 0 Å². The topological polar surface area (TPSA) is 27.7 Å². The lowest BCUT2D eigenvalue weighted by Crippen LogP contribution is -2.34. The summed E-state index contributed by atoms with van der Waals surface area (Å²) < 4.78 is 18.1.